The fourth-order valence-electron chi connectivity index (χ4n) is 3.62. The number of nitrogens with zero attached hydrogens (tertiary/aromatic N) is 1. The summed E-state index contributed by atoms with van der Waals surface area (Å²) >= 11 is 12.5. The molecule has 0 bridgehead atoms. The van der Waals surface area contributed by atoms with Gasteiger partial charge >= 0.3 is 0 Å². The summed E-state index contributed by atoms with van der Waals surface area (Å²) in [5, 5.41) is 12.8. The molecule has 29 heavy (non-hydrogen) atoms. The zero-order valence-corrected chi connectivity index (χ0v) is 17.2. The number of amides is 1. The van der Waals surface area contributed by atoms with Crippen molar-refractivity contribution in [2.75, 3.05) is 24.6 Å². The molecule has 2 N–H and O–H groups in total. The van der Waals surface area contributed by atoms with Crippen molar-refractivity contribution in [3.63, 3.8) is 0 Å². The quantitative estimate of drug-likeness (QED) is 0.598. The van der Waals surface area contributed by atoms with E-state index in [1.165, 1.54) is 5.56 Å². The Morgan fingerprint density at radius 1 is 1.00 bits per heavy atom. The number of fused-ring (bicyclic) bond motifs is 1. The number of carbonyl (C=O) groups is 1. The Bertz CT molecular complexity index is 1070. The van der Waals surface area contributed by atoms with Gasteiger partial charge in [-0.15, -0.1) is 0 Å². The Balaban J connectivity index is 1.67. The number of carbonyl (C=O) groups excluding carboxylic acids is 1. The van der Waals surface area contributed by atoms with Gasteiger partial charge in [0.1, 0.15) is 0 Å². The topological polar surface area (TPSA) is 52.6 Å². The van der Waals surface area contributed by atoms with E-state index in [1.54, 1.807) is 12.1 Å². The van der Waals surface area contributed by atoms with Crippen LogP contribution >= 0.6 is 23.2 Å². The van der Waals surface area contributed by atoms with Crippen molar-refractivity contribution in [2.24, 2.45) is 0 Å². The lowest BCUT2D eigenvalue weighted by Crippen LogP contribution is -2.26. The fourth-order valence-corrected chi connectivity index (χ4v) is 4.13. The van der Waals surface area contributed by atoms with Crippen LogP contribution in [0.15, 0.2) is 60.7 Å². The zero-order valence-electron chi connectivity index (χ0n) is 15.7. The molecule has 0 unspecified atom stereocenters. The number of benzene rings is 3. The van der Waals surface area contributed by atoms with Crippen molar-refractivity contribution in [3.05, 3.63) is 81.8 Å². The molecule has 1 heterocycles. The van der Waals surface area contributed by atoms with E-state index in [0.717, 1.165) is 35.5 Å². The Kier molecular flexibility index (Phi) is 5.76. The van der Waals surface area contributed by atoms with Gasteiger partial charge in [0.2, 0.25) is 0 Å². The van der Waals surface area contributed by atoms with E-state index in [4.69, 9.17) is 28.3 Å². The minimum Gasteiger partial charge on any atom is -0.395 e. The van der Waals surface area contributed by atoms with Crippen molar-refractivity contribution in [1.82, 2.24) is 5.32 Å². The molecule has 6 heteroatoms. The van der Waals surface area contributed by atoms with Gasteiger partial charge < -0.3 is 15.3 Å². The van der Waals surface area contributed by atoms with E-state index in [0.29, 0.717) is 15.6 Å². The van der Waals surface area contributed by atoms with Gasteiger partial charge in [0.15, 0.2) is 0 Å². The third-order valence-corrected chi connectivity index (χ3v) is 5.57. The average Bonchev–Trinajstić information content (AvgIpc) is 3.15. The molecular weight excluding hydrogens is 407 g/mol. The number of aliphatic hydroxyl groups is 1. The van der Waals surface area contributed by atoms with Gasteiger partial charge in [-0.3, -0.25) is 4.79 Å². The van der Waals surface area contributed by atoms with Crippen molar-refractivity contribution < 1.29 is 9.90 Å². The first-order chi connectivity index (χ1) is 14.1. The Labute approximate surface area is 179 Å². The summed E-state index contributed by atoms with van der Waals surface area (Å²) in [6.07, 6.45) is 0.943. The largest absolute Gasteiger partial charge is 0.395 e. The molecule has 4 rings (SSSR count). The molecule has 0 saturated heterocycles. The number of nitrogens with one attached hydrogen (secondary N) is 1. The second-order valence-corrected chi connectivity index (χ2v) is 7.74. The summed E-state index contributed by atoms with van der Waals surface area (Å²) in [5.41, 5.74) is 5.85. The zero-order chi connectivity index (χ0) is 20.4. The van der Waals surface area contributed by atoms with Crippen molar-refractivity contribution in [3.8, 4) is 11.1 Å². The molecule has 1 aliphatic heterocycles. The maximum absolute atomic E-state index is 12.2. The van der Waals surface area contributed by atoms with Crippen LogP contribution in [0.4, 0.5) is 11.4 Å². The number of hydrogen-bond donors (Lipinski definition) is 2. The van der Waals surface area contributed by atoms with Crippen molar-refractivity contribution in [2.45, 2.75) is 6.42 Å². The van der Waals surface area contributed by atoms with Crippen LogP contribution in [0.2, 0.25) is 10.0 Å². The first kappa shape index (κ1) is 19.8. The van der Waals surface area contributed by atoms with Crippen LogP contribution in [-0.4, -0.2) is 30.7 Å². The highest BCUT2D eigenvalue weighted by molar-refractivity contribution is 6.36. The highest BCUT2D eigenvalue weighted by Crippen LogP contribution is 2.40. The lowest BCUT2D eigenvalue weighted by Gasteiger charge is -2.21. The van der Waals surface area contributed by atoms with E-state index in [1.807, 2.05) is 30.3 Å². The van der Waals surface area contributed by atoms with E-state index in [9.17, 15) is 4.79 Å². The van der Waals surface area contributed by atoms with E-state index < -0.39 is 0 Å². The second kappa shape index (κ2) is 8.46. The fraction of sp³-hybridized carbons (Fsp3) is 0.174. The molecule has 0 spiro atoms. The Morgan fingerprint density at radius 3 is 2.62 bits per heavy atom. The van der Waals surface area contributed by atoms with Crippen LogP contribution in [0.1, 0.15) is 15.9 Å². The molecule has 3 aromatic carbocycles. The van der Waals surface area contributed by atoms with E-state index in [-0.39, 0.29) is 19.1 Å². The van der Waals surface area contributed by atoms with Crippen LogP contribution in [0.3, 0.4) is 0 Å². The first-order valence-corrected chi connectivity index (χ1v) is 10.2. The van der Waals surface area contributed by atoms with Crippen LogP contribution in [0.5, 0.6) is 0 Å². The molecule has 148 valence electrons. The normalized spacial score (nSPS) is 12.7. The van der Waals surface area contributed by atoms with E-state index >= 15 is 0 Å². The minimum absolute atomic E-state index is 0.0840. The summed E-state index contributed by atoms with van der Waals surface area (Å²) in [6.45, 7) is 1.00. The number of hydrogen-bond acceptors (Lipinski definition) is 3. The molecular formula is C23H20Cl2N2O2. The molecule has 0 radical (unpaired) electrons. The number of halogens is 2. The molecule has 0 atom stereocenters. The third-order valence-electron chi connectivity index (χ3n) is 5.04. The van der Waals surface area contributed by atoms with Gasteiger partial charge in [-0.1, -0.05) is 47.5 Å². The monoisotopic (exact) mass is 426 g/mol. The molecule has 4 nitrogen and oxygen atoms in total. The maximum atomic E-state index is 12.2. The van der Waals surface area contributed by atoms with Crippen LogP contribution in [0.25, 0.3) is 11.1 Å². The standard InChI is InChI=1S/C23H20Cl2N2O2/c24-19-6-7-21(20(25)14-19)27-10-8-15-4-5-17(13-22(15)27)16-2-1-3-18(12-16)23(29)26-9-11-28/h1-7,12-14,28H,8-11H2,(H,26,29). The van der Waals surface area contributed by atoms with E-state index in [2.05, 4.69) is 28.4 Å². The first-order valence-electron chi connectivity index (χ1n) is 9.42. The number of aliphatic hydroxyl groups excluding tert-OH is 1. The van der Waals surface area contributed by atoms with Crippen molar-refractivity contribution >= 4 is 40.5 Å². The van der Waals surface area contributed by atoms with Crippen molar-refractivity contribution in [1.29, 1.82) is 0 Å². The molecule has 0 fully saturated rings. The smallest absolute Gasteiger partial charge is 0.251 e. The molecule has 0 aromatic heterocycles. The predicted molar refractivity (Wildman–Crippen MR) is 118 cm³/mol. The number of anilines is 2. The third kappa shape index (κ3) is 4.10. The average molecular weight is 427 g/mol. The highest BCUT2D eigenvalue weighted by Gasteiger charge is 2.23. The lowest BCUT2D eigenvalue weighted by atomic mass is 10.00. The summed E-state index contributed by atoms with van der Waals surface area (Å²) in [6, 6.07) is 19.4. The van der Waals surface area contributed by atoms with Gasteiger partial charge in [0.25, 0.3) is 5.91 Å². The molecule has 1 aliphatic rings. The molecule has 0 aliphatic carbocycles. The van der Waals surface area contributed by atoms with Crippen LogP contribution < -0.4 is 10.2 Å². The molecule has 3 aromatic rings. The van der Waals surface area contributed by atoms with Gasteiger partial charge in [-0.05, 0) is 59.5 Å². The lowest BCUT2D eigenvalue weighted by molar-refractivity contribution is 0.0945. The number of rotatable bonds is 5. The predicted octanol–water partition coefficient (Wildman–Crippen LogP) is 5.08. The summed E-state index contributed by atoms with van der Waals surface area (Å²) < 4.78 is 0. The Morgan fingerprint density at radius 2 is 1.83 bits per heavy atom. The summed E-state index contributed by atoms with van der Waals surface area (Å²) in [4.78, 5) is 14.4. The maximum Gasteiger partial charge on any atom is 0.251 e. The molecule has 0 saturated carbocycles. The highest BCUT2D eigenvalue weighted by atomic mass is 35.5. The Hall–Kier alpha value is -2.53. The minimum atomic E-state index is -0.198. The van der Waals surface area contributed by atoms with Gasteiger partial charge in [-0.2, -0.15) is 0 Å². The van der Waals surface area contributed by atoms with Crippen LogP contribution in [0, 0.1) is 0 Å². The molecule has 1 amide bonds. The van der Waals surface area contributed by atoms with Crippen LogP contribution in [-0.2, 0) is 6.42 Å². The SMILES string of the molecule is O=C(NCCO)c1cccc(-c2ccc3c(c2)N(c2ccc(Cl)cc2Cl)CC3)c1. The van der Waals surface area contributed by atoms with Gasteiger partial charge in [0, 0.05) is 29.4 Å². The van der Waals surface area contributed by atoms with Gasteiger partial charge in [-0.25, -0.2) is 0 Å². The summed E-state index contributed by atoms with van der Waals surface area (Å²) in [7, 11) is 0. The van der Waals surface area contributed by atoms with Gasteiger partial charge in [0.05, 0.1) is 17.3 Å². The second-order valence-electron chi connectivity index (χ2n) is 6.90. The summed E-state index contributed by atoms with van der Waals surface area (Å²) in [5.74, 6) is -0.198.